The molecule has 0 amide bonds. The second-order valence-corrected chi connectivity index (χ2v) is 11.4. The maximum Gasteiger partial charge on any atom is 0.224 e. The van der Waals surface area contributed by atoms with Gasteiger partial charge in [-0.1, -0.05) is 0 Å². The highest BCUT2D eigenvalue weighted by Gasteiger charge is 2.46. The molecule has 0 atom stereocenters. The number of imidazole rings is 1. The molecule has 0 aliphatic carbocycles. The predicted octanol–water partition coefficient (Wildman–Crippen LogP) is 2.29. The Morgan fingerprint density at radius 2 is 1.94 bits per heavy atom. The summed E-state index contributed by atoms with van der Waals surface area (Å²) in [5.74, 6) is -2.29. The highest BCUT2D eigenvalue weighted by atomic mass is 32.2. The average Bonchev–Trinajstić information content (AvgIpc) is 3.18. The van der Waals surface area contributed by atoms with Gasteiger partial charge in [-0.05, 0) is 25.8 Å². The van der Waals surface area contributed by atoms with Crippen molar-refractivity contribution in [3.63, 3.8) is 0 Å². The predicted molar refractivity (Wildman–Crippen MR) is 120 cm³/mol. The number of fused-ring (bicyclic) bond motifs is 1. The number of rotatable bonds is 5. The molecule has 34 heavy (non-hydrogen) atoms. The summed E-state index contributed by atoms with van der Waals surface area (Å²) in [7, 11) is -2.49. The van der Waals surface area contributed by atoms with Crippen molar-refractivity contribution in [2.75, 3.05) is 39.1 Å². The normalized spacial score (nSPS) is 19.3. The summed E-state index contributed by atoms with van der Waals surface area (Å²) < 4.78 is 67.4. The average molecular weight is 494 g/mol. The monoisotopic (exact) mass is 493 g/mol. The van der Waals surface area contributed by atoms with Crippen LogP contribution in [-0.4, -0.2) is 71.9 Å². The third kappa shape index (κ3) is 3.51. The van der Waals surface area contributed by atoms with E-state index in [0.717, 1.165) is 6.07 Å². The van der Waals surface area contributed by atoms with Gasteiger partial charge in [-0.3, -0.25) is 9.30 Å². The van der Waals surface area contributed by atoms with Crippen LogP contribution in [0, 0.1) is 11.8 Å². The van der Waals surface area contributed by atoms with Crippen molar-refractivity contribution in [2.45, 2.75) is 35.4 Å². The number of nitrogens with two attached hydrogens (primary N) is 1. The number of pyridine rings is 2. The maximum absolute atomic E-state index is 14.5. The van der Waals surface area contributed by atoms with Crippen LogP contribution in [-0.2, 0) is 14.6 Å². The van der Waals surface area contributed by atoms with Gasteiger partial charge in [0.1, 0.15) is 16.3 Å². The summed E-state index contributed by atoms with van der Waals surface area (Å²) in [6.45, 7) is 4.38. The van der Waals surface area contributed by atoms with Gasteiger partial charge in [0, 0.05) is 25.4 Å². The Kier molecular flexibility index (Phi) is 5.49. The molecule has 12 heteroatoms. The van der Waals surface area contributed by atoms with Crippen LogP contribution in [0.5, 0.6) is 5.75 Å². The summed E-state index contributed by atoms with van der Waals surface area (Å²) in [4.78, 5) is 9.84. The number of ether oxygens (including phenoxy) is 2. The highest BCUT2D eigenvalue weighted by molar-refractivity contribution is 7.93. The minimum Gasteiger partial charge on any atom is -0.495 e. The van der Waals surface area contributed by atoms with Gasteiger partial charge in [0.2, 0.25) is 5.95 Å². The van der Waals surface area contributed by atoms with Gasteiger partial charge in [0.25, 0.3) is 0 Å². The molecule has 0 saturated carbocycles. The Morgan fingerprint density at radius 1 is 1.24 bits per heavy atom. The summed E-state index contributed by atoms with van der Waals surface area (Å²) in [6, 6.07) is 2.73. The molecule has 0 bridgehead atoms. The zero-order valence-electron chi connectivity index (χ0n) is 18.8. The first-order valence-corrected chi connectivity index (χ1v) is 12.4. The Labute approximate surface area is 195 Å². The SMILES string of the molecule is COc1cc2ncc(-c3cc(F)c(N)nc3F)n2cc1S(=O)(=O)C1(C)CCN(C2COC2)CC1. The lowest BCUT2D eigenvalue weighted by molar-refractivity contribution is -0.0719. The highest BCUT2D eigenvalue weighted by Crippen LogP contribution is 2.40. The van der Waals surface area contributed by atoms with Crippen LogP contribution in [0.15, 0.2) is 29.4 Å². The van der Waals surface area contributed by atoms with Crippen molar-refractivity contribution in [3.8, 4) is 17.0 Å². The number of likely N-dealkylation sites (tertiary alicyclic amines) is 1. The molecule has 0 radical (unpaired) electrons. The lowest BCUT2D eigenvalue weighted by Crippen LogP contribution is -2.55. The lowest BCUT2D eigenvalue weighted by atomic mass is 9.96. The second-order valence-electron chi connectivity index (χ2n) is 8.95. The van der Waals surface area contributed by atoms with E-state index in [9.17, 15) is 17.2 Å². The zero-order valence-corrected chi connectivity index (χ0v) is 19.6. The van der Waals surface area contributed by atoms with Crippen molar-refractivity contribution in [3.05, 3.63) is 36.3 Å². The Morgan fingerprint density at radius 3 is 2.56 bits per heavy atom. The number of anilines is 1. The van der Waals surface area contributed by atoms with E-state index in [2.05, 4.69) is 14.9 Å². The summed E-state index contributed by atoms with van der Waals surface area (Å²) in [5.41, 5.74) is 5.63. The molecule has 0 spiro atoms. The van der Waals surface area contributed by atoms with Crippen molar-refractivity contribution >= 4 is 21.3 Å². The number of nitrogens with zero attached hydrogens (tertiary/aromatic N) is 4. The summed E-state index contributed by atoms with van der Waals surface area (Å²) in [6.07, 6.45) is 3.58. The van der Waals surface area contributed by atoms with Gasteiger partial charge in [-0.15, -0.1) is 0 Å². The Balaban J connectivity index is 1.58. The van der Waals surface area contributed by atoms with Crippen LogP contribution < -0.4 is 10.5 Å². The molecule has 0 aromatic carbocycles. The van der Waals surface area contributed by atoms with E-state index in [-0.39, 0.29) is 21.9 Å². The van der Waals surface area contributed by atoms with Crippen LogP contribution in [0.2, 0.25) is 0 Å². The molecular formula is C22H25F2N5O4S. The summed E-state index contributed by atoms with van der Waals surface area (Å²) >= 11 is 0. The molecule has 182 valence electrons. The van der Waals surface area contributed by atoms with Crippen LogP contribution >= 0.6 is 0 Å². The maximum atomic E-state index is 14.5. The first-order chi connectivity index (χ1) is 16.1. The van der Waals surface area contributed by atoms with Crippen molar-refractivity contribution in [2.24, 2.45) is 0 Å². The lowest BCUT2D eigenvalue weighted by Gasteiger charge is -2.44. The number of hydrogen-bond donors (Lipinski definition) is 1. The third-order valence-corrected chi connectivity index (χ3v) is 9.55. The first kappa shape index (κ1) is 22.9. The van der Waals surface area contributed by atoms with Crippen LogP contribution in [0.1, 0.15) is 19.8 Å². The summed E-state index contributed by atoms with van der Waals surface area (Å²) in [5, 5.41) is 0. The fourth-order valence-electron chi connectivity index (χ4n) is 4.54. The largest absolute Gasteiger partial charge is 0.495 e. The Bertz CT molecular complexity index is 1370. The van der Waals surface area contributed by atoms with Gasteiger partial charge in [-0.2, -0.15) is 9.37 Å². The van der Waals surface area contributed by atoms with Crippen molar-refractivity contribution < 1.29 is 26.7 Å². The molecule has 2 N–H and O–H groups in total. The second kappa shape index (κ2) is 8.14. The third-order valence-electron chi connectivity index (χ3n) is 6.96. The van der Waals surface area contributed by atoms with E-state index in [0.29, 0.717) is 50.8 Å². The molecule has 2 aliphatic heterocycles. The van der Waals surface area contributed by atoms with E-state index in [4.69, 9.17) is 15.2 Å². The molecule has 5 rings (SSSR count). The van der Waals surface area contributed by atoms with Gasteiger partial charge in [-0.25, -0.2) is 17.8 Å². The molecule has 5 heterocycles. The molecular weight excluding hydrogens is 468 g/mol. The molecule has 2 saturated heterocycles. The van der Waals surface area contributed by atoms with Crippen LogP contribution in [0.25, 0.3) is 16.9 Å². The van der Waals surface area contributed by atoms with Gasteiger partial charge >= 0.3 is 0 Å². The van der Waals surface area contributed by atoms with Gasteiger partial charge < -0.3 is 15.2 Å². The minimum absolute atomic E-state index is 0.0334. The van der Waals surface area contributed by atoms with Crippen LogP contribution in [0.4, 0.5) is 14.6 Å². The van der Waals surface area contributed by atoms with E-state index in [1.807, 2.05) is 0 Å². The fourth-order valence-corrected chi connectivity index (χ4v) is 6.44. The van der Waals surface area contributed by atoms with E-state index >= 15 is 0 Å². The quantitative estimate of drug-likeness (QED) is 0.539. The number of methoxy groups -OCH3 is 1. The molecule has 3 aromatic heterocycles. The van der Waals surface area contributed by atoms with Gasteiger partial charge in [0.05, 0.1) is 48.6 Å². The first-order valence-electron chi connectivity index (χ1n) is 10.9. The van der Waals surface area contributed by atoms with Crippen molar-refractivity contribution in [1.29, 1.82) is 0 Å². The molecule has 3 aromatic rings. The zero-order chi connectivity index (χ0) is 24.3. The number of nitrogen functional groups attached to an aromatic ring is 1. The Hall–Kier alpha value is -2.83. The van der Waals surface area contributed by atoms with Gasteiger partial charge in [0.15, 0.2) is 21.5 Å². The fraction of sp³-hybridized carbons (Fsp3) is 0.455. The van der Waals surface area contributed by atoms with E-state index in [1.54, 1.807) is 6.92 Å². The van der Waals surface area contributed by atoms with Crippen LogP contribution in [0.3, 0.4) is 0 Å². The topological polar surface area (TPSA) is 112 Å². The number of aromatic nitrogens is 3. The molecule has 2 fully saturated rings. The smallest absolute Gasteiger partial charge is 0.224 e. The van der Waals surface area contributed by atoms with E-state index in [1.165, 1.54) is 30.0 Å². The number of halogens is 2. The molecule has 0 unspecified atom stereocenters. The number of piperidine rings is 1. The van der Waals surface area contributed by atoms with E-state index < -0.39 is 32.2 Å². The molecule has 2 aliphatic rings. The minimum atomic E-state index is -3.87. The number of sulfone groups is 1. The standard InChI is InChI=1S/C22H25F2N5O4S/c1-22(3-5-28(6-4-22)13-11-33-12-13)34(30,31)18-10-29-16(9-26-19(29)8-17(18)32-2)14-7-15(23)21(25)27-20(14)24/h7-10,13H,3-6,11-12H2,1-2H3,(H2,25,27). The van der Waals surface area contributed by atoms with Crippen molar-refractivity contribution in [1.82, 2.24) is 19.3 Å². The molecule has 9 nitrogen and oxygen atoms in total. The number of hydrogen-bond acceptors (Lipinski definition) is 8.